The minimum atomic E-state index is -0.857. The van der Waals surface area contributed by atoms with E-state index in [0.717, 1.165) is 47.2 Å². The minimum absolute atomic E-state index is 0.575. The molecule has 0 aliphatic heterocycles. The number of carboxylic acids is 1. The highest BCUT2D eigenvalue weighted by Gasteiger charge is 2.15. The maximum atomic E-state index is 11.2. The summed E-state index contributed by atoms with van der Waals surface area (Å²) in [6.45, 7) is 4.40. The quantitative estimate of drug-likeness (QED) is 0.209. The predicted octanol–water partition coefficient (Wildman–Crippen LogP) is 7.83. The molecule has 0 aromatic heterocycles. The van der Waals surface area contributed by atoms with Gasteiger partial charge in [-0.3, -0.25) is 4.79 Å². The summed E-state index contributed by atoms with van der Waals surface area (Å²) >= 11 is 8.01. The maximum absolute atomic E-state index is 11.2. The highest BCUT2D eigenvalue weighted by molar-refractivity contribution is 7.99. The fourth-order valence-corrected chi connectivity index (χ4v) is 4.50. The smallest absolute Gasteiger partial charge is 0.310 e. The Morgan fingerprint density at radius 1 is 1.06 bits per heavy atom. The predicted molar refractivity (Wildman–Crippen MR) is 135 cm³/mol. The van der Waals surface area contributed by atoms with Crippen LogP contribution < -0.4 is 9.47 Å². The van der Waals surface area contributed by atoms with Crippen LogP contribution in [-0.2, 0) is 11.2 Å². The summed E-state index contributed by atoms with van der Waals surface area (Å²) in [6.07, 6.45) is 2.84. The molecule has 0 radical (unpaired) electrons. The molecule has 3 aromatic rings. The zero-order valence-electron chi connectivity index (χ0n) is 18.9. The molecule has 3 aromatic carbocycles. The summed E-state index contributed by atoms with van der Waals surface area (Å²) in [7, 11) is 0. The van der Waals surface area contributed by atoms with Crippen LogP contribution in [0.5, 0.6) is 17.2 Å². The molecule has 1 atom stereocenters. The number of para-hydroxylation sites is 1. The number of benzene rings is 3. The highest BCUT2D eigenvalue weighted by Crippen LogP contribution is 2.32. The summed E-state index contributed by atoms with van der Waals surface area (Å²) in [5.41, 5.74) is 1.89. The third kappa shape index (κ3) is 7.44. The number of thioether (sulfide) groups is 1. The average Bonchev–Trinajstić information content (AvgIpc) is 2.81. The lowest BCUT2D eigenvalue weighted by Gasteiger charge is -2.14. The Kier molecular flexibility index (Phi) is 9.52. The highest BCUT2D eigenvalue weighted by atomic mass is 35.5. The number of hydrogen-bond acceptors (Lipinski definition) is 4. The van der Waals surface area contributed by atoms with Gasteiger partial charge >= 0.3 is 5.97 Å². The van der Waals surface area contributed by atoms with E-state index in [1.807, 2.05) is 54.6 Å². The minimum Gasteiger partial charge on any atom is -0.493 e. The van der Waals surface area contributed by atoms with E-state index in [0.29, 0.717) is 17.2 Å². The van der Waals surface area contributed by atoms with Crippen molar-refractivity contribution in [2.45, 2.75) is 43.9 Å². The lowest BCUT2D eigenvalue weighted by Crippen LogP contribution is -2.07. The molecule has 0 fully saturated rings. The van der Waals surface area contributed by atoms with Gasteiger partial charge in [0.2, 0.25) is 0 Å². The molecule has 0 spiro atoms. The first-order valence-electron chi connectivity index (χ1n) is 11.1. The van der Waals surface area contributed by atoms with Crippen molar-refractivity contribution in [3.8, 4) is 17.2 Å². The zero-order chi connectivity index (χ0) is 23.6. The third-order valence-electron chi connectivity index (χ3n) is 5.17. The van der Waals surface area contributed by atoms with E-state index in [-0.39, 0.29) is 0 Å². The number of ether oxygens (including phenoxy) is 2. The number of halogens is 1. The van der Waals surface area contributed by atoms with Gasteiger partial charge in [-0.05, 0) is 61.2 Å². The van der Waals surface area contributed by atoms with Crippen molar-refractivity contribution in [2.24, 2.45) is 0 Å². The summed E-state index contributed by atoms with van der Waals surface area (Å²) in [6, 6.07) is 21.2. The first-order valence-corrected chi connectivity index (χ1v) is 12.5. The van der Waals surface area contributed by atoms with E-state index < -0.39 is 11.9 Å². The summed E-state index contributed by atoms with van der Waals surface area (Å²) in [4.78, 5) is 12.1. The van der Waals surface area contributed by atoms with Gasteiger partial charge in [-0.2, -0.15) is 0 Å². The average molecular weight is 485 g/mol. The van der Waals surface area contributed by atoms with Crippen LogP contribution in [-0.4, -0.2) is 23.4 Å². The molecule has 0 saturated carbocycles. The second kappa shape index (κ2) is 12.6. The number of rotatable bonds is 12. The molecule has 0 amide bonds. The standard InChI is InChI=1S/C27H29ClO4S/c1-3-8-20-11-13-23(32-22-9-5-4-6-10-22)18-25(20)31-15-7-16-33-26-14-12-21(17-24(26)28)19(2)27(29)30/h4-6,9-14,17-19H,3,7-8,15-16H2,1-2H3,(H,29,30). The van der Waals surface area contributed by atoms with Crippen molar-refractivity contribution in [1.82, 2.24) is 0 Å². The third-order valence-corrected chi connectivity index (χ3v) is 6.75. The first-order chi connectivity index (χ1) is 16.0. The van der Waals surface area contributed by atoms with Gasteiger partial charge in [0.15, 0.2) is 0 Å². The molecule has 0 aliphatic carbocycles. The van der Waals surface area contributed by atoms with Gasteiger partial charge in [-0.1, -0.05) is 55.3 Å². The van der Waals surface area contributed by atoms with Crippen LogP contribution in [0.25, 0.3) is 0 Å². The summed E-state index contributed by atoms with van der Waals surface area (Å²) in [5.74, 6) is 1.83. The van der Waals surface area contributed by atoms with Gasteiger partial charge in [0.05, 0.1) is 17.5 Å². The zero-order valence-corrected chi connectivity index (χ0v) is 20.5. The number of carbonyl (C=O) groups is 1. The Balaban J connectivity index is 1.54. The second-order valence-corrected chi connectivity index (χ2v) is 9.28. The fraction of sp³-hybridized carbons (Fsp3) is 0.296. The van der Waals surface area contributed by atoms with Crippen molar-refractivity contribution >= 4 is 29.3 Å². The van der Waals surface area contributed by atoms with Crippen LogP contribution >= 0.6 is 23.4 Å². The molecule has 3 rings (SSSR count). The number of carboxylic acid groups (broad SMARTS) is 1. The molecule has 174 valence electrons. The molecule has 33 heavy (non-hydrogen) atoms. The van der Waals surface area contributed by atoms with E-state index >= 15 is 0 Å². The van der Waals surface area contributed by atoms with Crippen molar-refractivity contribution in [2.75, 3.05) is 12.4 Å². The molecule has 0 bridgehead atoms. The van der Waals surface area contributed by atoms with E-state index in [1.54, 1.807) is 24.8 Å². The molecule has 0 aliphatic rings. The Morgan fingerprint density at radius 3 is 2.55 bits per heavy atom. The molecule has 1 N–H and O–H groups in total. The van der Waals surface area contributed by atoms with Gasteiger partial charge in [-0.15, -0.1) is 11.8 Å². The van der Waals surface area contributed by atoms with Crippen LogP contribution in [0, 0.1) is 0 Å². The van der Waals surface area contributed by atoms with Gasteiger partial charge in [0.25, 0.3) is 0 Å². The SMILES string of the molecule is CCCc1ccc(Oc2ccccc2)cc1OCCCSc1ccc(C(C)C(=O)O)cc1Cl. The summed E-state index contributed by atoms with van der Waals surface area (Å²) < 4.78 is 12.1. The monoisotopic (exact) mass is 484 g/mol. The second-order valence-electron chi connectivity index (χ2n) is 7.73. The molecular weight excluding hydrogens is 456 g/mol. The van der Waals surface area contributed by atoms with E-state index in [4.69, 9.17) is 26.2 Å². The van der Waals surface area contributed by atoms with Gasteiger partial charge < -0.3 is 14.6 Å². The topological polar surface area (TPSA) is 55.8 Å². The summed E-state index contributed by atoms with van der Waals surface area (Å²) in [5, 5.41) is 9.75. The molecule has 0 heterocycles. The van der Waals surface area contributed by atoms with E-state index in [9.17, 15) is 4.79 Å². The largest absolute Gasteiger partial charge is 0.493 e. The van der Waals surface area contributed by atoms with Crippen molar-refractivity contribution in [3.63, 3.8) is 0 Å². The van der Waals surface area contributed by atoms with Crippen LogP contribution in [0.3, 0.4) is 0 Å². The number of hydrogen-bond donors (Lipinski definition) is 1. The first kappa shape index (κ1) is 25.0. The van der Waals surface area contributed by atoms with E-state index in [1.165, 1.54) is 5.56 Å². The Bertz CT molecular complexity index is 1060. The van der Waals surface area contributed by atoms with Gasteiger partial charge in [-0.25, -0.2) is 0 Å². The van der Waals surface area contributed by atoms with Crippen LogP contribution in [0.1, 0.15) is 43.7 Å². The van der Waals surface area contributed by atoms with Crippen molar-refractivity contribution in [1.29, 1.82) is 0 Å². The van der Waals surface area contributed by atoms with Crippen LogP contribution in [0.15, 0.2) is 71.6 Å². The Hall–Kier alpha value is -2.63. The normalized spacial score (nSPS) is 11.7. The molecule has 0 saturated heterocycles. The lowest BCUT2D eigenvalue weighted by atomic mass is 10.0. The van der Waals surface area contributed by atoms with Crippen molar-refractivity contribution in [3.05, 3.63) is 82.9 Å². The fourth-order valence-electron chi connectivity index (χ4n) is 3.30. The number of aliphatic carboxylic acids is 1. The Morgan fingerprint density at radius 2 is 1.85 bits per heavy atom. The maximum Gasteiger partial charge on any atom is 0.310 e. The number of aryl methyl sites for hydroxylation is 1. The lowest BCUT2D eigenvalue weighted by molar-refractivity contribution is -0.138. The van der Waals surface area contributed by atoms with Gasteiger partial charge in [0, 0.05) is 16.7 Å². The Labute approximate surface area is 204 Å². The van der Waals surface area contributed by atoms with Gasteiger partial charge in [0.1, 0.15) is 17.2 Å². The van der Waals surface area contributed by atoms with Crippen LogP contribution in [0.2, 0.25) is 5.02 Å². The van der Waals surface area contributed by atoms with E-state index in [2.05, 4.69) is 13.0 Å². The molecular formula is C27H29ClO4S. The van der Waals surface area contributed by atoms with Crippen molar-refractivity contribution < 1.29 is 19.4 Å². The molecule has 1 unspecified atom stereocenters. The van der Waals surface area contributed by atoms with Crippen LogP contribution in [0.4, 0.5) is 0 Å². The molecule has 6 heteroatoms. The molecule has 4 nitrogen and oxygen atoms in total.